The van der Waals surface area contributed by atoms with Crippen molar-refractivity contribution in [1.82, 2.24) is 0 Å². The third-order valence-corrected chi connectivity index (χ3v) is 2.66. The van der Waals surface area contributed by atoms with Crippen LogP contribution in [0.2, 0.25) is 0 Å². The first-order valence-electron chi connectivity index (χ1n) is 3.11. The molecule has 0 unspecified atom stereocenters. The van der Waals surface area contributed by atoms with E-state index in [9.17, 15) is 16.8 Å². The van der Waals surface area contributed by atoms with Crippen LogP contribution in [0.5, 0.6) is 0 Å². The average molecular weight is 241 g/mol. The molecule has 74 valence electrons. The van der Waals surface area contributed by atoms with E-state index in [0.29, 0.717) is 0 Å². The van der Waals surface area contributed by atoms with Crippen molar-refractivity contribution in [2.75, 3.05) is 11.5 Å². The standard InChI is InChI=1S/C4H10O6S2.Na/c5-11(6,7)3-1-2-4-12(8,9)10;/h1-4H2,(H,5,6,7)(H,8,9,10);/q;+1. The van der Waals surface area contributed by atoms with Crippen LogP contribution >= 0.6 is 0 Å². The SMILES string of the molecule is O=S(=O)(O)CCCCS(=O)(=O)O.[Na+]. The predicted octanol–water partition coefficient (Wildman–Crippen LogP) is -3.45. The van der Waals surface area contributed by atoms with Crippen LogP contribution in [0, 0.1) is 0 Å². The second kappa shape index (κ2) is 6.33. The summed E-state index contributed by atoms with van der Waals surface area (Å²) >= 11 is 0. The van der Waals surface area contributed by atoms with Crippen LogP contribution in [-0.4, -0.2) is 37.4 Å². The van der Waals surface area contributed by atoms with Crippen LogP contribution in [0.1, 0.15) is 12.8 Å². The second-order valence-electron chi connectivity index (χ2n) is 2.28. The van der Waals surface area contributed by atoms with Gasteiger partial charge in [0.2, 0.25) is 0 Å². The Kier molecular flexibility index (Phi) is 7.92. The summed E-state index contributed by atoms with van der Waals surface area (Å²) in [6.45, 7) is 0. The van der Waals surface area contributed by atoms with Gasteiger partial charge < -0.3 is 0 Å². The molecule has 6 nitrogen and oxygen atoms in total. The van der Waals surface area contributed by atoms with E-state index in [-0.39, 0.29) is 42.4 Å². The fraction of sp³-hybridized carbons (Fsp3) is 1.00. The van der Waals surface area contributed by atoms with Gasteiger partial charge in [-0.25, -0.2) is 0 Å². The molecule has 0 amide bonds. The van der Waals surface area contributed by atoms with E-state index < -0.39 is 31.7 Å². The minimum atomic E-state index is -4.02. The van der Waals surface area contributed by atoms with Gasteiger partial charge in [-0.15, -0.1) is 0 Å². The zero-order chi connectivity index (χ0) is 9.83. The summed E-state index contributed by atoms with van der Waals surface area (Å²) in [4.78, 5) is 0. The summed E-state index contributed by atoms with van der Waals surface area (Å²) in [6, 6.07) is 0. The van der Waals surface area contributed by atoms with E-state index >= 15 is 0 Å². The van der Waals surface area contributed by atoms with Gasteiger partial charge in [-0.2, -0.15) is 16.8 Å². The molecule has 2 N–H and O–H groups in total. The van der Waals surface area contributed by atoms with Gasteiger partial charge in [-0.1, -0.05) is 0 Å². The van der Waals surface area contributed by atoms with E-state index in [0.717, 1.165) is 0 Å². The summed E-state index contributed by atoms with van der Waals surface area (Å²) in [6.07, 6.45) is 0.0250. The summed E-state index contributed by atoms with van der Waals surface area (Å²) in [5.41, 5.74) is 0. The topological polar surface area (TPSA) is 109 Å². The maximum atomic E-state index is 10.1. The molecule has 0 heterocycles. The van der Waals surface area contributed by atoms with Crippen molar-refractivity contribution in [2.24, 2.45) is 0 Å². The predicted molar refractivity (Wildman–Crippen MR) is 42.1 cm³/mol. The first-order chi connectivity index (χ1) is 5.21. The Balaban J connectivity index is 0. The van der Waals surface area contributed by atoms with Gasteiger partial charge in [0.25, 0.3) is 20.2 Å². The van der Waals surface area contributed by atoms with Crippen molar-refractivity contribution in [3.05, 3.63) is 0 Å². The Labute approximate surface area is 99.5 Å². The quantitative estimate of drug-likeness (QED) is 0.294. The summed E-state index contributed by atoms with van der Waals surface area (Å²) in [5, 5.41) is 0. The maximum Gasteiger partial charge on any atom is 1.00 e. The van der Waals surface area contributed by atoms with Crippen molar-refractivity contribution in [1.29, 1.82) is 0 Å². The third-order valence-electron chi connectivity index (χ3n) is 1.05. The smallest absolute Gasteiger partial charge is 0.286 e. The molecule has 0 spiro atoms. The first kappa shape index (κ1) is 16.3. The fourth-order valence-electron chi connectivity index (χ4n) is 0.569. The first-order valence-corrected chi connectivity index (χ1v) is 6.33. The molecule has 0 aromatic rings. The van der Waals surface area contributed by atoms with Gasteiger partial charge in [-0.05, 0) is 12.8 Å². The van der Waals surface area contributed by atoms with Crippen LogP contribution in [-0.2, 0) is 20.2 Å². The average Bonchev–Trinajstić information content (AvgIpc) is 1.76. The van der Waals surface area contributed by atoms with Crippen molar-refractivity contribution in [3.8, 4) is 0 Å². The summed E-state index contributed by atoms with van der Waals surface area (Å²) in [5.74, 6) is -0.967. The normalized spacial score (nSPS) is 12.2. The minimum absolute atomic E-state index is 0. The van der Waals surface area contributed by atoms with Gasteiger partial charge in [0.05, 0.1) is 11.5 Å². The molecule has 0 fully saturated rings. The van der Waals surface area contributed by atoms with E-state index in [2.05, 4.69) is 0 Å². The molecule has 0 aliphatic rings. The number of hydrogen-bond acceptors (Lipinski definition) is 4. The van der Waals surface area contributed by atoms with Crippen molar-refractivity contribution < 1.29 is 55.5 Å². The molecular weight excluding hydrogens is 231 g/mol. The molecule has 13 heavy (non-hydrogen) atoms. The molecule has 0 rings (SSSR count). The third kappa shape index (κ3) is 15.6. The van der Waals surface area contributed by atoms with Crippen molar-refractivity contribution in [2.45, 2.75) is 12.8 Å². The largest absolute Gasteiger partial charge is 1.00 e. The Morgan fingerprint density at radius 2 is 1.00 bits per heavy atom. The van der Waals surface area contributed by atoms with E-state index in [1.165, 1.54) is 0 Å². The van der Waals surface area contributed by atoms with Gasteiger partial charge >= 0.3 is 29.6 Å². The monoisotopic (exact) mass is 241 g/mol. The van der Waals surface area contributed by atoms with Gasteiger partial charge in [0, 0.05) is 0 Å². The van der Waals surface area contributed by atoms with E-state index in [1.807, 2.05) is 0 Å². The molecule has 0 bridgehead atoms. The molecule has 0 saturated heterocycles. The van der Waals surface area contributed by atoms with Crippen molar-refractivity contribution >= 4 is 20.2 Å². The number of unbranched alkanes of at least 4 members (excludes halogenated alkanes) is 1. The molecular formula is C4H10NaO6S2+. The molecule has 0 radical (unpaired) electrons. The maximum absolute atomic E-state index is 10.1. The van der Waals surface area contributed by atoms with Crippen LogP contribution < -0.4 is 29.6 Å². The zero-order valence-corrected chi connectivity index (χ0v) is 10.8. The van der Waals surface area contributed by atoms with Crippen LogP contribution in [0.25, 0.3) is 0 Å². The Bertz CT molecular complexity index is 283. The molecule has 0 aromatic carbocycles. The summed E-state index contributed by atoms with van der Waals surface area (Å²) in [7, 11) is -8.04. The summed E-state index contributed by atoms with van der Waals surface area (Å²) < 4.78 is 56.8. The number of rotatable bonds is 5. The van der Waals surface area contributed by atoms with E-state index in [4.69, 9.17) is 9.11 Å². The van der Waals surface area contributed by atoms with Gasteiger partial charge in [0.1, 0.15) is 0 Å². The molecule has 0 aliphatic carbocycles. The molecule has 0 aliphatic heterocycles. The molecule has 0 saturated carbocycles. The Morgan fingerprint density at radius 3 is 1.15 bits per heavy atom. The van der Waals surface area contributed by atoms with Crippen molar-refractivity contribution in [3.63, 3.8) is 0 Å². The number of hydrogen-bond donors (Lipinski definition) is 2. The minimum Gasteiger partial charge on any atom is -0.286 e. The second-order valence-corrected chi connectivity index (χ2v) is 5.42. The van der Waals surface area contributed by atoms with Gasteiger partial charge in [0.15, 0.2) is 0 Å². The van der Waals surface area contributed by atoms with E-state index in [1.54, 1.807) is 0 Å². The van der Waals surface area contributed by atoms with Crippen LogP contribution in [0.4, 0.5) is 0 Å². The zero-order valence-electron chi connectivity index (χ0n) is 7.17. The molecule has 9 heteroatoms. The molecule has 0 aromatic heterocycles. The fourth-order valence-corrected chi connectivity index (χ4v) is 1.71. The Hall–Kier alpha value is 0.820. The molecule has 0 atom stereocenters. The van der Waals surface area contributed by atoms with Crippen LogP contribution in [0.3, 0.4) is 0 Å². The van der Waals surface area contributed by atoms with Gasteiger partial charge in [-0.3, -0.25) is 9.11 Å². The van der Waals surface area contributed by atoms with Crippen LogP contribution in [0.15, 0.2) is 0 Å². The Morgan fingerprint density at radius 1 is 0.769 bits per heavy atom.